The van der Waals surface area contributed by atoms with Crippen molar-refractivity contribution in [3.05, 3.63) is 57.7 Å². The molecule has 0 unspecified atom stereocenters. The van der Waals surface area contributed by atoms with E-state index in [2.05, 4.69) is 10.6 Å². The van der Waals surface area contributed by atoms with Crippen LogP contribution in [0.5, 0.6) is 0 Å². The van der Waals surface area contributed by atoms with Crippen LogP contribution in [0.25, 0.3) is 0 Å². The lowest BCUT2D eigenvalue weighted by Gasteiger charge is -2.50. The Morgan fingerprint density at radius 2 is 1.19 bits per heavy atom. The van der Waals surface area contributed by atoms with E-state index in [4.69, 9.17) is 9.47 Å². The monoisotopic (exact) mass is 993 g/mol. The van der Waals surface area contributed by atoms with Crippen LogP contribution in [0.15, 0.2) is 57.7 Å². The third-order valence-corrected chi connectivity index (χ3v) is 19.8. The Bertz CT molecular complexity index is 2670. The molecule has 10 rings (SSSR count). The number of nitrogens with one attached hydrogen (secondary N) is 2. The van der Waals surface area contributed by atoms with Crippen LogP contribution in [0, 0.1) is 81.8 Å². The molecule has 0 aromatic carbocycles. The van der Waals surface area contributed by atoms with Crippen LogP contribution in [0.1, 0.15) is 115 Å². The van der Waals surface area contributed by atoms with Crippen LogP contribution in [-0.2, 0) is 47.8 Å². The van der Waals surface area contributed by atoms with Gasteiger partial charge in [-0.1, -0.05) is 88.1 Å². The van der Waals surface area contributed by atoms with Gasteiger partial charge in [0.05, 0.1) is 41.3 Å². The second-order valence-corrected chi connectivity index (χ2v) is 24.6. The highest BCUT2D eigenvalue weighted by molar-refractivity contribution is 6.29. The summed E-state index contributed by atoms with van der Waals surface area (Å²) in [6.07, 6.45) is 1.48. The number of ether oxygens (including phenoxy) is 2. The molecule has 15 nitrogen and oxygen atoms in total. The number of esters is 1. The highest BCUT2D eigenvalue weighted by Crippen LogP contribution is 2.72. The normalized spacial score (nSPS) is 48.2. The van der Waals surface area contributed by atoms with E-state index in [1.165, 1.54) is 6.92 Å². The van der Waals surface area contributed by atoms with E-state index >= 15 is 38.4 Å². The number of aliphatic hydroxyl groups excluding tert-OH is 2. The molecular formula is C57H72N2O13. The number of ketones is 5. The summed E-state index contributed by atoms with van der Waals surface area (Å²) in [6.45, 7) is 20.8. The number of rotatable bonds is 4. The molecule has 5 aliphatic carbocycles. The van der Waals surface area contributed by atoms with Gasteiger partial charge < -0.3 is 35.4 Å². The second-order valence-electron chi connectivity index (χ2n) is 24.6. The van der Waals surface area contributed by atoms with E-state index in [1.54, 1.807) is 6.92 Å². The Balaban J connectivity index is 1.24. The molecule has 4 saturated heterocycles. The summed E-state index contributed by atoms with van der Waals surface area (Å²) in [7, 11) is 0. The van der Waals surface area contributed by atoms with Crippen molar-refractivity contribution in [1.29, 1.82) is 0 Å². The van der Waals surface area contributed by atoms with Gasteiger partial charge in [0.15, 0.2) is 34.5 Å². The molecule has 5 heterocycles. The SMILES string of the molecule is CC1=C[C@@H]2/C=C(\C)CC[C@@H](O)C(=O)[C@@H]3[C@@H](C(=O)O[C@]24C(=O)N[C@@H](CC(C)C)[C@@H]4[C@@H]1C)[C@@]12C(=O)[C@]3(O)C(=O)C(C)=C1[C@H]1O[C@@H]2[C@@H]2C(=O)[C@@]34C(=O)N[C@@H](CC(C)C)[C@@H]3[C@H](C)C(C)=C[C@@H]4/C=C(\C)CC[C@@H](O)C(=O)[C@H]21. The summed E-state index contributed by atoms with van der Waals surface area (Å²) < 4.78 is 13.7. The van der Waals surface area contributed by atoms with E-state index in [0.29, 0.717) is 18.4 Å². The lowest BCUT2D eigenvalue weighted by atomic mass is 9.48. The van der Waals surface area contributed by atoms with Crippen LogP contribution in [-0.4, -0.2) is 110 Å². The van der Waals surface area contributed by atoms with Gasteiger partial charge in [0.25, 0.3) is 5.91 Å². The molecule has 5 fully saturated rings. The maximum Gasteiger partial charge on any atom is 0.312 e. The number of hydrogen-bond donors (Lipinski definition) is 5. The second kappa shape index (κ2) is 16.9. The van der Waals surface area contributed by atoms with E-state index in [9.17, 15) is 15.3 Å². The fraction of sp³-hybridized carbons (Fsp3) is 0.684. The van der Waals surface area contributed by atoms with E-state index in [1.807, 2.05) is 86.6 Å². The molecule has 4 bridgehead atoms. The topological polar surface area (TPSA) is 240 Å². The number of aliphatic hydroxyl groups is 3. The minimum absolute atomic E-state index is 0.0604. The average Bonchev–Trinajstić information content (AvgIpc) is 4.05. The molecule has 72 heavy (non-hydrogen) atoms. The molecule has 1 saturated carbocycles. The largest absolute Gasteiger partial charge is 0.447 e. The zero-order chi connectivity index (χ0) is 52.4. The van der Waals surface area contributed by atoms with E-state index in [-0.39, 0.29) is 60.5 Å². The maximum absolute atomic E-state index is 16.8. The summed E-state index contributed by atoms with van der Waals surface area (Å²) >= 11 is 0. The lowest BCUT2D eigenvalue weighted by molar-refractivity contribution is -0.188. The standard InChI is InChI=1S/C57H72N2O13/c1-22(2)16-33-39-28(9)26(7)20-31-18-24(5)12-14-35(60)44(62)37-38(48(65)54(31,39)52(68)58-33)49-55-41(46(37)71-49)30(11)47(64)56(70,51(55)67)42-43(55)50(66)72-57-32(19-25(6)13-15-36(61)45(42)63)21-27(8)29(10)40(57)34(17-23(3)4)59-53(57)69/h18-23,28-29,31-40,42-43,46,49,60-61,70H,12-17H2,1-11H3,(H,58,68)(H,59,69)/b24-18+,25-19+/t28-,29-,31+,32+,33+,34+,35-,36-,37+,38+,39+,40+,42+,43+,46+,49-,54+,55+,56-,57-/m1/s1. The zero-order valence-corrected chi connectivity index (χ0v) is 43.4. The first-order valence-corrected chi connectivity index (χ1v) is 26.5. The van der Waals surface area contributed by atoms with Gasteiger partial charge in [-0.2, -0.15) is 0 Å². The number of fused-ring (bicyclic) bond motifs is 9. The molecule has 388 valence electrons. The summed E-state index contributed by atoms with van der Waals surface area (Å²) in [5.74, 6) is -19.1. The van der Waals surface area contributed by atoms with Gasteiger partial charge in [-0.05, 0) is 108 Å². The average molecular weight is 993 g/mol. The summed E-state index contributed by atoms with van der Waals surface area (Å²) in [5.41, 5.74) is -6.91. The molecule has 5 aliphatic heterocycles. The molecule has 2 amide bonds. The summed E-state index contributed by atoms with van der Waals surface area (Å²) in [5, 5.41) is 43.2. The van der Waals surface area contributed by atoms with Crippen LogP contribution >= 0.6 is 0 Å². The molecule has 0 radical (unpaired) electrons. The Hall–Kier alpha value is -4.70. The van der Waals surface area contributed by atoms with Crippen molar-refractivity contribution in [1.82, 2.24) is 10.6 Å². The van der Waals surface area contributed by atoms with Crippen molar-refractivity contribution >= 4 is 46.7 Å². The molecular weight excluding hydrogens is 921 g/mol. The number of carbonyl (C=O) groups excluding carboxylic acids is 8. The molecule has 10 aliphatic rings. The fourth-order valence-electron chi connectivity index (χ4n) is 16.6. The minimum atomic E-state index is -3.30. The van der Waals surface area contributed by atoms with Gasteiger partial charge in [0.1, 0.15) is 17.6 Å². The van der Waals surface area contributed by atoms with Gasteiger partial charge >= 0.3 is 5.97 Å². The Labute approximate surface area is 421 Å². The zero-order valence-electron chi connectivity index (χ0n) is 43.4. The first-order valence-electron chi connectivity index (χ1n) is 26.5. The fourth-order valence-corrected chi connectivity index (χ4v) is 16.6. The van der Waals surface area contributed by atoms with Gasteiger partial charge in [0.2, 0.25) is 11.5 Å². The predicted molar refractivity (Wildman–Crippen MR) is 260 cm³/mol. The highest BCUT2D eigenvalue weighted by atomic mass is 16.6. The van der Waals surface area contributed by atoms with E-state index in [0.717, 1.165) is 16.7 Å². The van der Waals surface area contributed by atoms with Gasteiger partial charge in [-0.3, -0.25) is 38.4 Å². The van der Waals surface area contributed by atoms with Crippen LogP contribution in [0.4, 0.5) is 0 Å². The van der Waals surface area contributed by atoms with Crippen LogP contribution in [0.3, 0.4) is 0 Å². The van der Waals surface area contributed by atoms with Crippen molar-refractivity contribution < 1.29 is 63.1 Å². The van der Waals surface area contributed by atoms with Gasteiger partial charge in [-0.25, -0.2) is 0 Å². The quantitative estimate of drug-likeness (QED) is 0.150. The smallest absolute Gasteiger partial charge is 0.312 e. The third-order valence-electron chi connectivity index (χ3n) is 19.8. The van der Waals surface area contributed by atoms with Crippen LogP contribution in [0.2, 0.25) is 0 Å². The molecule has 0 aromatic rings. The number of allylic oxidation sites excluding steroid dienone is 6. The molecule has 20 atom stereocenters. The number of hydrogen-bond acceptors (Lipinski definition) is 13. The summed E-state index contributed by atoms with van der Waals surface area (Å²) in [6, 6.07) is -0.991. The van der Waals surface area contributed by atoms with Crippen molar-refractivity contribution in [3.63, 3.8) is 0 Å². The van der Waals surface area contributed by atoms with Crippen LogP contribution < -0.4 is 10.6 Å². The number of amides is 2. The maximum atomic E-state index is 16.8. The molecule has 5 N–H and O–H groups in total. The number of Topliss-reactive ketones (excluding diaryl/α,β-unsaturated/α-hetero) is 5. The Kier molecular flexibility index (Phi) is 11.9. The predicted octanol–water partition coefficient (Wildman–Crippen LogP) is 4.36. The summed E-state index contributed by atoms with van der Waals surface area (Å²) in [4.78, 5) is 125. The third kappa shape index (κ3) is 6.34. The van der Waals surface area contributed by atoms with Gasteiger partial charge in [-0.15, -0.1) is 0 Å². The van der Waals surface area contributed by atoms with Crippen molar-refractivity contribution in [2.45, 2.75) is 162 Å². The van der Waals surface area contributed by atoms with Crippen molar-refractivity contribution in [2.24, 2.45) is 81.8 Å². The minimum Gasteiger partial charge on any atom is -0.447 e. The lowest BCUT2D eigenvalue weighted by Crippen LogP contribution is -2.65. The van der Waals surface area contributed by atoms with Crippen molar-refractivity contribution in [3.8, 4) is 0 Å². The Morgan fingerprint density at radius 1 is 0.667 bits per heavy atom. The first kappa shape index (κ1) is 50.8. The molecule has 15 heteroatoms. The van der Waals surface area contributed by atoms with Crippen molar-refractivity contribution in [2.75, 3.05) is 0 Å². The van der Waals surface area contributed by atoms with Gasteiger partial charge in [0, 0.05) is 35.8 Å². The molecule has 0 aromatic heterocycles. The van der Waals surface area contributed by atoms with E-state index < -0.39 is 153 Å². The number of carbonyl (C=O) groups is 8. The first-order chi connectivity index (χ1) is 33.7. The molecule has 3 spiro atoms. The Morgan fingerprint density at radius 3 is 1.79 bits per heavy atom. The highest BCUT2D eigenvalue weighted by Gasteiger charge is 2.88.